The van der Waals surface area contributed by atoms with E-state index in [1.54, 1.807) is 0 Å². The van der Waals surface area contributed by atoms with Crippen molar-refractivity contribution in [3.8, 4) is 0 Å². The topological polar surface area (TPSA) is 47.3 Å². The molecular weight excluding hydrogens is 264 g/mol. The zero-order valence-corrected chi connectivity index (χ0v) is 14.1. The van der Waals surface area contributed by atoms with Crippen LogP contribution in [0.4, 0.5) is 0 Å². The fourth-order valence-corrected chi connectivity index (χ4v) is 3.11. The van der Waals surface area contributed by atoms with Gasteiger partial charge in [0.05, 0.1) is 18.4 Å². The van der Waals surface area contributed by atoms with Crippen LogP contribution in [0.25, 0.3) is 0 Å². The first-order valence-corrected chi connectivity index (χ1v) is 8.29. The van der Waals surface area contributed by atoms with Crippen LogP contribution in [0.15, 0.2) is 10.6 Å². The van der Waals surface area contributed by atoms with Crippen molar-refractivity contribution in [2.75, 3.05) is 13.1 Å². The van der Waals surface area contributed by atoms with E-state index in [4.69, 9.17) is 9.15 Å². The SMILES string of the molecule is CC(C)CNCCCc1ncc(C2C(C)OC(C)C2C)o1. The van der Waals surface area contributed by atoms with E-state index in [2.05, 4.69) is 44.9 Å². The fraction of sp³-hybridized carbons (Fsp3) is 0.824. The van der Waals surface area contributed by atoms with E-state index >= 15 is 0 Å². The molecular formula is C17H30N2O2. The van der Waals surface area contributed by atoms with Gasteiger partial charge in [-0.25, -0.2) is 4.98 Å². The highest BCUT2D eigenvalue weighted by Gasteiger charge is 2.40. The van der Waals surface area contributed by atoms with Gasteiger partial charge >= 0.3 is 0 Å². The van der Waals surface area contributed by atoms with Crippen molar-refractivity contribution in [3.05, 3.63) is 17.8 Å². The van der Waals surface area contributed by atoms with Gasteiger partial charge in [-0.1, -0.05) is 20.8 Å². The maximum atomic E-state index is 5.97. The molecule has 0 bridgehead atoms. The number of ether oxygens (including phenoxy) is 1. The monoisotopic (exact) mass is 294 g/mol. The van der Waals surface area contributed by atoms with E-state index in [1.165, 1.54) is 0 Å². The van der Waals surface area contributed by atoms with E-state index < -0.39 is 0 Å². The van der Waals surface area contributed by atoms with Crippen molar-refractivity contribution in [2.24, 2.45) is 11.8 Å². The molecule has 1 aliphatic rings. The molecule has 4 atom stereocenters. The van der Waals surface area contributed by atoms with Crippen LogP contribution in [0.1, 0.15) is 58.6 Å². The summed E-state index contributed by atoms with van der Waals surface area (Å²) in [4.78, 5) is 4.44. The first-order valence-electron chi connectivity index (χ1n) is 8.29. The first kappa shape index (κ1) is 16.5. The summed E-state index contributed by atoms with van der Waals surface area (Å²) in [5.74, 6) is 3.36. The van der Waals surface area contributed by atoms with Gasteiger partial charge < -0.3 is 14.5 Å². The van der Waals surface area contributed by atoms with Gasteiger partial charge in [0, 0.05) is 12.3 Å². The summed E-state index contributed by atoms with van der Waals surface area (Å²) in [7, 11) is 0. The number of aromatic nitrogens is 1. The molecule has 0 aliphatic carbocycles. The van der Waals surface area contributed by atoms with Gasteiger partial charge in [-0.05, 0) is 45.2 Å². The molecule has 0 spiro atoms. The second-order valence-corrected chi connectivity index (χ2v) is 6.79. The smallest absolute Gasteiger partial charge is 0.194 e. The van der Waals surface area contributed by atoms with Gasteiger partial charge in [-0.2, -0.15) is 0 Å². The minimum Gasteiger partial charge on any atom is -0.445 e. The van der Waals surface area contributed by atoms with Crippen molar-refractivity contribution in [2.45, 2.75) is 65.6 Å². The standard InChI is InChI=1S/C17H30N2O2/c1-11(2)9-18-8-6-7-16-19-10-15(21-16)17-12(3)13(4)20-14(17)5/h10-14,17-18H,6-9H2,1-5H3. The highest BCUT2D eigenvalue weighted by Crippen LogP contribution is 2.39. The molecule has 1 N–H and O–H groups in total. The molecule has 1 fully saturated rings. The Balaban J connectivity index is 1.81. The summed E-state index contributed by atoms with van der Waals surface area (Å²) >= 11 is 0. The van der Waals surface area contributed by atoms with E-state index in [9.17, 15) is 0 Å². The van der Waals surface area contributed by atoms with Crippen LogP contribution >= 0.6 is 0 Å². The summed E-state index contributed by atoms with van der Waals surface area (Å²) in [6.07, 6.45) is 4.37. The summed E-state index contributed by atoms with van der Waals surface area (Å²) in [6, 6.07) is 0. The van der Waals surface area contributed by atoms with Crippen LogP contribution < -0.4 is 5.32 Å². The molecule has 0 amide bonds. The zero-order valence-electron chi connectivity index (χ0n) is 14.1. The summed E-state index contributed by atoms with van der Waals surface area (Å²) in [5.41, 5.74) is 0. The quantitative estimate of drug-likeness (QED) is 0.783. The predicted octanol–water partition coefficient (Wildman–Crippen LogP) is 3.38. The molecule has 1 aliphatic heterocycles. The Morgan fingerprint density at radius 3 is 2.62 bits per heavy atom. The average Bonchev–Trinajstić information content (AvgIpc) is 2.95. The second kappa shape index (κ2) is 7.41. The molecule has 2 rings (SSSR count). The number of rotatable bonds is 7. The van der Waals surface area contributed by atoms with Gasteiger partial charge in [0.1, 0.15) is 5.76 Å². The number of aryl methyl sites for hydroxylation is 1. The van der Waals surface area contributed by atoms with Gasteiger partial charge in [-0.15, -0.1) is 0 Å². The average molecular weight is 294 g/mol. The third-order valence-corrected chi connectivity index (χ3v) is 4.44. The highest BCUT2D eigenvalue weighted by molar-refractivity contribution is 5.09. The van der Waals surface area contributed by atoms with Crippen LogP contribution in [-0.4, -0.2) is 30.3 Å². The van der Waals surface area contributed by atoms with Crippen LogP contribution in [0.5, 0.6) is 0 Å². The predicted molar refractivity (Wildman–Crippen MR) is 84.4 cm³/mol. The van der Waals surface area contributed by atoms with E-state index in [1.807, 2.05) is 6.20 Å². The van der Waals surface area contributed by atoms with Gasteiger partial charge in [0.25, 0.3) is 0 Å². The Labute approximate surface area is 128 Å². The van der Waals surface area contributed by atoms with E-state index in [-0.39, 0.29) is 6.10 Å². The van der Waals surface area contributed by atoms with Crippen LogP contribution in [0.2, 0.25) is 0 Å². The lowest BCUT2D eigenvalue weighted by Crippen LogP contribution is -2.21. The molecule has 1 aromatic rings. The molecule has 0 saturated carbocycles. The van der Waals surface area contributed by atoms with Crippen molar-refractivity contribution < 1.29 is 9.15 Å². The Hall–Kier alpha value is -0.870. The van der Waals surface area contributed by atoms with Gasteiger partial charge in [0.15, 0.2) is 5.89 Å². The Bertz CT molecular complexity index is 430. The van der Waals surface area contributed by atoms with Crippen molar-refractivity contribution >= 4 is 0 Å². The maximum absolute atomic E-state index is 5.97. The third-order valence-electron chi connectivity index (χ3n) is 4.44. The molecule has 4 heteroatoms. The fourth-order valence-electron chi connectivity index (χ4n) is 3.11. The molecule has 21 heavy (non-hydrogen) atoms. The molecule has 0 radical (unpaired) electrons. The molecule has 0 aromatic carbocycles. The number of nitrogens with one attached hydrogen (secondary N) is 1. The first-order chi connectivity index (χ1) is 9.99. The van der Waals surface area contributed by atoms with Crippen molar-refractivity contribution in [1.29, 1.82) is 0 Å². The third kappa shape index (κ3) is 4.30. The van der Waals surface area contributed by atoms with Gasteiger partial charge in [0.2, 0.25) is 0 Å². The lowest BCUT2D eigenvalue weighted by Gasteiger charge is -2.14. The number of oxazole rings is 1. The van der Waals surface area contributed by atoms with Crippen LogP contribution in [-0.2, 0) is 11.2 Å². The minimum atomic E-state index is 0.212. The number of nitrogens with zero attached hydrogens (tertiary/aromatic N) is 1. The molecule has 4 nitrogen and oxygen atoms in total. The molecule has 120 valence electrons. The Morgan fingerprint density at radius 2 is 2.00 bits per heavy atom. The van der Waals surface area contributed by atoms with Gasteiger partial charge in [-0.3, -0.25) is 0 Å². The largest absolute Gasteiger partial charge is 0.445 e. The van der Waals surface area contributed by atoms with E-state index in [0.717, 1.165) is 37.6 Å². The molecule has 1 saturated heterocycles. The van der Waals surface area contributed by atoms with Crippen molar-refractivity contribution in [3.63, 3.8) is 0 Å². The van der Waals surface area contributed by atoms with E-state index in [0.29, 0.717) is 23.9 Å². The number of hydrogen-bond acceptors (Lipinski definition) is 4. The van der Waals surface area contributed by atoms with Crippen LogP contribution in [0.3, 0.4) is 0 Å². The van der Waals surface area contributed by atoms with Crippen molar-refractivity contribution in [1.82, 2.24) is 10.3 Å². The molecule has 1 aromatic heterocycles. The summed E-state index contributed by atoms with van der Waals surface area (Å²) in [5, 5.41) is 3.45. The summed E-state index contributed by atoms with van der Waals surface area (Å²) in [6.45, 7) is 13.0. The highest BCUT2D eigenvalue weighted by atomic mass is 16.5. The van der Waals surface area contributed by atoms with Crippen LogP contribution in [0, 0.1) is 11.8 Å². The Morgan fingerprint density at radius 1 is 1.24 bits per heavy atom. The zero-order chi connectivity index (χ0) is 15.4. The lowest BCUT2D eigenvalue weighted by atomic mass is 9.88. The Kier molecular flexibility index (Phi) is 5.82. The summed E-state index contributed by atoms with van der Waals surface area (Å²) < 4.78 is 11.9. The minimum absolute atomic E-state index is 0.212. The molecule has 4 unspecified atom stereocenters. The lowest BCUT2D eigenvalue weighted by molar-refractivity contribution is 0.0547. The maximum Gasteiger partial charge on any atom is 0.194 e. The normalized spacial score (nSPS) is 29.4. The second-order valence-electron chi connectivity index (χ2n) is 6.79. The number of hydrogen-bond donors (Lipinski definition) is 1. The molecule has 2 heterocycles.